The van der Waals surface area contributed by atoms with Gasteiger partial charge in [0.1, 0.15) is 11.8 Å². The number of esters is 1. The quantitative estimate of drug-likeness (QED) is 0.330. The zero-order valence-electron chi connectivity index (χ0n) is 22.6. The smallest absolute Gasteiger partial charge is 0.338 e. The van der Waals surface area contributed by atoms with Gasteiger partial charge in [0, 0.05) is 10.6 Å². The van der Waals surface area contributed by atoms with Crippen LogP contribution in [0.1, 0.15) is 50.8 Å². The van der Waals surface area contributed by atoms with Gasteiger partial charge in [-0.2, -0.15) is 0 Å². The third-order valence-corrected chi connectivity index (χ3v) is 7.38. The first kappa shape index (κ1) is 28.4. The molecule has 4 rings (SSSR count). The second kappa shape index (κ2) is 12.5. The van der Waals surface area contributed by atoms with Crippen LogP contribution in [-0.4, -0.2) is 38.0 Å². The minimum Gasteiger partial charge on any atom is -0.496 e. The number of hydrogen-bond donors (Lipinski definition) is 0. The molecule has 1 atom stereocenters. The molecule has 0 N–H and O–H groups in total. The Morgan fingerprint density at radius 3 is 2.46 bits per heavy atom. The first-order valence-electron chi connectivity index (χ1n) is 12.7. The average Bonchev–Trinajstić information content (AvgIpc) is 3.22. The molecule has 8 nitrogen and oxygen atoms in total. The summed E-state index contributed by atoms with van der Waals surface area (Å²) < 4.78 is 24.2. The Kier molecular flexibility index (Phi) is 9.14. The van der Waals surface area contributed by atoms with Gasteiger partial charge in [-0.05, 0) is 62.2 Å². The highest BCUT2D eigenvalue weighted by atomic mass is 35.5. The van der Waals surface area contributed by atoms with Crippen molar-refractivity contribution in [3.8, 4) is 17.2 Å². The zero-order valence-corrected chi connectivity index (χ0v) is 24.1. The molecular formula is C29H31ClN2O6S. The molecule has 2 heterocycles. The van der Waals surface area contributed by atoms with E-state index in [1.165, 1.54) is 23.0 Å². The maximum atomic E-state index is 14.0. The van der Waals surface area contributed by atoms with E-state index in [0.29, 0.717) is 61.5 Å². The van der Waals surface area contributed by atoms with Gasteiger partial charge >= 0.3 is 5.97 Å². The van der Waals surface area contributed by atoms with Crippen molar-refractivity contribution in [2.45, 2.75) is 39.7 Å². The molecule has 1 aliphatic heterocycles. The number of aromatic nitrogens is 1. The number of halogens is 1. The van der Waals surface area contributed by atoms with Crippen molar-refractivity contribution < 1.29 is 23.7 Å². The summed E-state index contributed by atoms with van der Waals surface area (Å²) in [5, 5.41) is 0.451. The second-order valence-electron chi connectivity index (χ2n) is 8.64. The summed E-state index contributed by atoms with van der Waals surface area (Å²) in [7, 11) is 3.12. The van der Waals surface area contributed by atoms with Gasteiger partial charge in [-0.3, -0.25) is 9.36 Å². The van der Waals surface area contributed by atoms with Gasteiger partial charge in [0.2, 0.25) is 0 Å². The van der Waals surface area contributed by atoms with Gasteiger partial charge in [0.25, 0.3) is 5.56 Å². The molecule has 0 unspecified atom stereocenters. The van der Waals surface area contributed by atoms with Crippen molar-refractivity contribution in [2.75, 3.05) is 27.4 Å². The lowest BCUT2D eigenvalue weighted by Gasteiger charge is -2.27. The SMILES string of the molecule is CCCC1=C(C(=O)OCC)[C@@H](c2cc(Cl)ccc2OC)n2c(s/c(=C/c3ccc(OC)c(OCC)c3)c2=O)=N1. The Morgan fingerprint density at radius 2 is 1.79 bits per heavy atom. The molecule has 0 radical (unpaired) electrons. The van der Waals surface area contributed by atoms with E-state index in [4.69, 9.17) is 35.5 Å². The van der Waals surface area contributed by atoms with Crippen molar-refractivity contribution >= 4 is 35.0 Å². The first-order chi connectivity index (χ1) is 18.9. The molecule has 10 heteroatoms. The fraction of sp³-hybridized carbons (Fsp3) is 0.345. The van der Waals surface area contributed by atoms with Crippen LogP contribution >= 0.6 is 22.9 Å². The Hall–Kier alpha value is -3.56. The Balaban J connectivity index is 2.01. The van der Waals surface area contributed by atoms with Crippen LogP contribution in [0.4, 0.5) is 0 Å². The summed E-state index contributed by atoms with van der Waals surface area (Å²) in [5.41, 5.74) is 1.93. The van der Waals surface area contributed by atoms with Gasteiger partial charge in [-0.25, -0.2) is 9.79 Å². The molecule has 206 valence electrons. The number of rotatable bonds is 10. The van der Waals surface area contributed by atoms with Crippen LogP contribution in [-0.2, 0) is 9.53 Å². The number of ether oxygens (including phenoxy) is 4. The standard InChI is InChI=1S/C29H31ClN2O6S/c1-6-9-20-25(28(34)38-8-3)26(19-16-18(30)11-13-21(19)35-4)32-27(33)24(39-29(32)31-20)15-17-10-12-22(36-5)23(14-17)37-7-2/h10-16,26H,6-9H2,1-5H3/b24-15+/t26-/m1/s1. The molecule has 2 aromatic carbocycles. The number of benzene rings is 2. The van der Waals surface area contributed by atoms with Crippen LogP contribution in [0.15, 0.2) is 57.5 Å². The Labute approximate surface area is 235 Å². The second-order valence-corrected chi connectivity index (χ2v) is 10.1. The monoisotopic (exact) mass is 570 g/mol. The molecule has 0 fully saturated rings. The summed E-state index contributed by atoms with van der Waals surface area (Å²) in [6.45, 7) is 6.30. The Bertz CT molecular complexity index is 1590. The molecular weight excluding hydrogens is 540 g/mol. The number of methoxy groups -OCH3 is 2. The molecule has 0 amide bonds. The minimum atomic E-state index is -0.826. The van der Waals surface area contributed by atoms with E-state index in [2.05, 4.69) is 0 Å². The number of carbonyl (C=O) groups excluding carboxylic acids is 1. The molecule has 1 aromatic heterocycles. The van der Waals surface area contributed by atoms with E-state index in [-0.39, 0.29) is 12.2 Å². The predicted octanol–water partition coefficient (Wildman–Crippen LogP) is 4.65. The molecule has 3 aromatic rings. The van der Waals surface area contributed by atoms with Gasteiger partial charge in [0.05, 0.1) is 43.2 Å². The van der Waals surface area contributed by atoms with Crippen molar-refractivity contribution in [3.63, 3.8) is 0 Å². The summed E-state index contributed by atoms with van der Waals surface area (Å²) >= 11 is 7.65. The summed E-state index contributed by atoms with van der Waals surface area (Å²) in [6.07, 6.45) is 3.07. The highest BCUT2D eigenvalue weighted by molar-refractivity contribution is 7.07. The van der Waals surface area contributed by atoms with E-state index in [1.54, 1.807) is 44.4 Å². The van der Waals surface area contributed by atoms with Crippen molar-refractivity contribution in [1.82, 2.24) is 4.57 Å². The van der Waals surface area contributed by atoms with Crippen LogP contribution in [0.5, 0.6) is 17.2 Å². The number of nitrogens with zero attached hydrogens (tertiary/aromatic N) is 2. The van der Waals surface area contributed by atoms with E-state index >= 15 is 0 Å². The molecule has 0 saturated carbocycles. The number of fused-ring (bicyclic) bond motifs is 1. The average molecular weight is 571 g/mol. The largest absolute Gasteiger partial charge is 0.496 e. The maximum Gasteiger partial charge on any atom is 0.338 e. The third kappa shape index (κ3) is 5.74. The summed E-state index contributed by atoms with van der Waals surface area (Å²) in [5.74, 6) is 1.15. The lowest BCUT2D eigenvalue weighted by molar-refractivity contribution is -0.139. The van der Waals surface area contributed by atoms with Crippen LogP contribution in [0, 0.1) is 0 Å². The van der Waals surface area contributed by atoms with E-state index in [0.717, 1.165) is 12.0 Å². The number of thiazole rings is 1. The highest BCUT2D eigenvalue weighted by Gasteiger charge is 2.36. The number of hydrogen-bond acceptors (Lipinski definition) is 8. The number of allylic oxidation sites excluding steroid dienone is 1. The normalized spacial score (nSPS) is 15.0. The number of carbonyl (C=O) groups is 1. The zero-order chi connectivity index (χ0) is 28.1. The van der Waals surface area contributed by atoms with E-state index < -0.39 is 12.0 Å². The van der Waals surface area contributed by atoms with Gasteiger partial charge in [0.15, 0.2) is 16.3 Å². The molecule has 1 aliphatic rings. The third-order valence-electron chi connectivity index (χ3n) is 6.16. The lowest BCUT2D eigenvalue weighted by atomic mass is 9.93. The van der Waals surface area contributed by atoms with Gasteiger partial charge in [-0.15, -0.1) is 0 Å². The van der Waals surface area contributed by atoms with Crippen molar-refractivity contribution in [2.24, 2.45) is 4.99 Å². The van der Waals surface area contributed by atoms with Crippen LogP contribution < -0.4 is 29.1 Å². The molecule has 0 bridgehead atoms. The van der Waals surface area contributed by atoms with Crippen molar-refractivity contribution in [3.05, 3.63) is 83.5 Å². The molecule has 0 aliphatic carbocycles. The minimum absolute atomic E-state index is 0.186. The van der Waals surface area contributed by atoms with Gasteiger partial charge < -0.3 is 18.9 Å². The topological polar surface area (TPSA) is 88.4 Å². The first-order valence-corrected chi connectivity index (χ1v) is 13.9. The Morgan fingerprint density at radius 1 is 1.05 bits per heavy atom. The lowest BCUT2D eigenvalue weighted by Crippen LogP contribution is -2.40. The fourth-order valence-corrected chi connectivity index (χ4v) is 5.74. The maximum absolute atomic E-state index is 14.0. The summed E-state index contributed by atoms with van der Waals surface area (Å²) in [6, 6.07) is 9.79. The predicted molar refractivity (Wildman–Crippen MR) is 152 cm³/mol. The van der Waals surface area contributed by atoms with Crippen LogP contribution in [0.2, 0.25) is 5.02 Å². The van der Waals surface area contributed by atoms with E-state index in [1.807, 2.05) is 26.0 Å². The highest BCUT2D eigenvalue weighted by Crippen LogP contribution is 2.38. The van der Waals surface area contributed by atoms with Crippen LogP contribution in [0.25, 0.3) is 6.08 Å². The molecule has 39 heavy (non-hydrogen) atoms. The molecule has 0 spiro atoms. The van der Waals surface area contributed by atoms with E-state index in [9.17, 15) is 9.59 Å². The van der Waals surface area contributed by atoms with Gasteiger partial charge in [-0.1, -0.05) is 42.3 Å². The fourth-order valence-electron chi connectivity index (χ4n) is 4.54. The van der Waals surface area contributed by atoms with Crippen molar-refractivity contribution in [1.29, 1.82) is 0 Å². The van der Waals surface area contributed by atoms with Crippen LogP contribution in [0.3, 0.4) is 0 Å². The molecule has 0 saturated heterocycles. The summed E-state index contributed by atoms with van der Waals surface area (Å²) in [4.78, 5) is 32.6.